The molecular formula is C44H40Cl4N8O8S2. The topological polar surface area (TPSA) is 208 Å². The van der Waals surface area contributed by atoms with Gasteiger partial charge in [0.05, 0.1) is 66.3 Å². The van der Waals surface area contributed by atoms with E-state index in [4.69, 9.17) is 75.9 Å². The molecule has 2 aromatic heterocycles. The van der Waals surface area contributed by atoms with Crippen LogP contribution >= 0.6 is 69.1 Å². The zero-order valence-corrected chi connectivity index (χ0v) is 39.6. The molecule has 2 atom stereocenters. The molecule has 16 nitrogen and oxygen atoms in total. The van der Waals surface area contributed by atoms with Crippen molar-refractivity contribution in [2.75, 3.05) is 75.7 Å². The maximum absolute atomic E-state index is 13.3. The van der Waals surface area contributed by atoms with Gasteiger partial charge in [0.25, 0.3) is 11.8 Å². The molecule has 0 spiro atoms. The van der Waals surface area contributed by atoms with Crippen LogP contribution in [0.25, 0.3) is 0 Å². The highest BCUT2D eigenvalue weighted by atomic mass is 35.5. The molecule has 4 aliphatic heterocycles. The Morgan fingerprint density at radius 3 is 1.38 bits per heavy atom. The van der Waals surface area contributed by atoms with E-state index in [2.05, 4.69) is 20.6 Å². The number of rotatable bonds is 12. The molecule has 22 heteroatoms. The number of anilines is 2. The molecular weight excluding hydrogens is 974 g/mol. The van der Waals surface area contributed by atoms with Gasteiger partial charge in [-0.1, -0.05) is 58.5 Å². The van der Waals surface area contributed by atoms with Gasteiger partial charge in [-0.05, 0) is 59.7 Å². The molecule has 0 unspecified atom stereocenters. The van der Waals surface area contributed by atoms with Crippen LogP contribution in [0.15, 0.2) is 70.6 Å². The number of carbonyl (C=O) groups excluding carboxylic acids is 4. The van der Waals surface area contributed by atoms with Crippen LogP contribution in [-0.4, -0.2) is 112 Å². The number of benzene rings is 2. The first kappa shape index (κ1) is 49.0. The fourth-order valence-electron chi connectivity index (χ4n) is 7.68. The Hall–Kier alpha value is -4.96. The average Bonchev–Trinajstić information content (AvgIpc) is 4.15. The van der Waals surface area contributed by atoms with Gasteiger partial charge in [0.2, 0.25) is 12.4 Å². The number of halogens is 4. The molecule has 2 amide bonds. The molecule has 4 aliphatic rings. The first-order chi connectivity index (χ1) is 31.8. The zero-order chi connectivity index (χ0) is 46.8. The van der Waals surface area contributed by atoms with E-state index in [1.807, 2.05) is 21.9 Å². The number of hydrogen-bond acceptors (Lipinski definition) is 14. The minimum Gasteiger partial charge on any atom is -0.378 e. The summed E-state index contributed by atoms with van der Waals surface area (Å²) in [5, 5.41) is 24.5. The number of amides is 2. The molecule has 0 bridgehead atoms. The van der Waals surface area contributed by atoms with Gasteiger partial charge in [-0.2, -0.15) is 20.5 Å². The Labute approximate surface area is 407 Å². The Morgan fingerprint density at radius 1 is 0.621 bits per heavy atom. The van der Waals surface area contributed by atoms with Crippen molar-refractivity contribution in [3.8, 4) is 12.4 Å². The van der Waals surface area contributed by atoms with E-state index in [0.717, 1.165) is 22.7 Å². The number of hydrogen-bond donors (Lipinski definition) is 2. The van der Waals surface area contributed by atoms with Gasteiger partial charge in [0.1, 0.15) is 36.0 Å². The number of nitrogens with one attached hydrogen (secondary N) is 2. The van der Waals surface area contributed by atoms with E-state index >= 15 is 0 Å². The number of Topliss-reactive ketones (excluding diaryl/α,β-unsaturated/α-hetero) is 2. The predicted molar refractivity (Wildman–Crippen MR) is 253 cm³/mol. The normalized spacial score (nSPS) is 21.7. The van der Waals surface area contributed by atoms with Crippen molar-refractivity contribution < 1.29 is 38.1 Å². The highest BCUT2D eigenvalue weighted by Gasteiger charge is 2.45. The second-order valence-electron chi connectivity index (χ2n) is 15.3. The Kier molecular flexibility index (Phi) is 16.5. The number of amidine groups is 2. The third kappa shape index (κ3) is 11.6. The molecule has 2 N–H and O–H groups in total. The lowest BCUT2D eigenvalue weighted by atomic mass is 9.88. The Bertz CT molecular complexity index is 2450. The molecule has 4 fully saturated rings. The van der Waals surface area contributed by atoms with Crippen molar-refractivity contribution in [1.29, 1.82) is 10.5 Å². The summed E-state index contributed by atoms with van der Waals surface area (Å²) in [6.45, 7) is 3.44. The summed E-state index contributed by atoms with van der Waals surface area (Å²) >= 11 is 27.3. The lowest BCUT2D eigenvalue weighted by molar-refractivity contribution is -0.125. The smallest absolute Gasteiger partial charge is 0.262 e. The van der Waals surface area contributed by atoms with Crippen LogP contribution in [-0.2, 0) is 41.4 Å². The van der Waals surface area contributed by atoms with Gasteiger partial charge in [-0.15, -0.1) is 22.7 Å². The lowest BCUT2D eigenvalue weighted by Crippen LogP contribution is -2.55. The molecule has 66 heavy (non-hydrogen) atoms. The van der Waals surface area contributed by atoms with E-state index in [0.29, 0.717) is 115 Å². The number of nitrogens with zero attached hydrogens (tertiary/aromatic N) is 6. The number of morpholine rings is 2. The molecule has 0 radical (unpaired) electrons. The number of thiophene rings is 2. The maximum Gasteiger partial charge on any atom is 0.262 e. The minimum absolute atomic E-state index is 0.0804. The van der Waals surface area contributed by atoms with Crippen molar-refractivity contribution >= 4 is 116 Å². The van der Waals surface area contributed by atoms with Crippen molar-refractivity contribution in [3.63, 3.8) is 0 Å². The number of carbonyl (C=O) groups is 4. The van der Waals surface area contributed by atoms with E-state index in [1.165, 1.54) is 0 Å². The summed E-state index contributed by atoms with van der Waals surface area (Å²) in [5.41, 5.74) is 0.588. The van der Waals surface area contributed by atoms with Crippen LogP contribution in [0.2, 0.25) is 18.7 Å². The van der Waals surface area contributed by atoms with Crippen LogP contribution in [0, 0.1) is 22.9 Å². The summed E-state index contributed by atoms with van der Waals surface area (Å²) < 4.78 is 22.7. The van der Waals surface area contributed by atoms with Crippen LogP contribution in [0.5, 0.6) is 0 Å². The van der Waals surface area contributed by atoms with Gasteiger partial charge in [-0.3, -0.25) is 19.2 Å². The monoisotopic (exact) mass is 1010 g/mol. The lowest BCUT2D eigenvalue weighted by Gasteiger charge is -2.30. The summed E-state index contributed by atoms with van der Waals surface area (Å²) in [6.07, 6.45) is 4.51. The highest BCUT2D eigenvalue weighted by Crippen LogP contribution is 2.33. The van der Waals surface area contributed by atoms with Gasteiger partial charge < -0.3 is 39.4 Å². The van der Waals surface area contributed by atoms with E-state index < -0.39 is 11.1 Å². The number of nitriles is 2. The zero-order valence-electron chi connectivity index (χ0n) is 35.0. The predicted octanol–water partition coefficient (Wildman–Crippen LogP) is 6.94. The van der Waals surface area contributed by atoms with E-state index in [9.17, 15) is 19.2 Å². The largest absolute Gasteiger partial charge is 0.378 e. The van der Waals surface area contributed by atoms with Crippen molar-refractivity contribution in [2.45, 2.75) is 36.8 Å². The van der Waals surface area contributed by atoms with Crippen LogP contribution in [0.1, 0.15) is 43.3 Å². The van der Waals surface area contributed by atoms with Gasteiger partial charge >= 0.3 is 0 Å². The molecule has 4 aromatic rings. The second kappa shape index (κ2) is 22.2. The highest BCUT2D eigenvalue weighted by molar-refractivity contribution is 7.18. The number of aliphatic imine (C=N–C) groups is 2. The molecule has 2 aromatic carbocycles. The van der Waals surface area contributed by atoms with Crippen molar-refractivity contribution in [2.24, 2.45) is 9.98 Å². The minimum atomic E-state index is -1.10. The molecule has 0 aliphatic carbocycles. The second-order valence-corrected chi connectivity index (χ2v) is 19.6. The number of ether oxygens (including phenoxy) is 4. The van der Waals surface area contributed by atoms with Crippen molar-refractivity contribution in [1.82, 2.24) is 10.6 Å². The third-order valence-corrected chi connectivity index (χ3v) is 14.2. The summed E-state index contributed by atoms with van der Waals surface area (Å²) in [4.78, 5) is 64.2. The molecule has 6 heterocycles. The Balaban J connectivity index is 0.000000196. The fourth-order valence-corrected chi connectivity index (χ4v) is 10.2. The van der Waals surface area contributed by atoms with Gasteiger partial charge in [0.15, 0.2) is 11.6 Å². The van der Waals surface area contributed by atoms with Crippen LogP contribution < -0.4 is 20.4 Å². The summed E-state index contributed by atoms with van der Waals surface area (Å²) in [5.74, 6) is -0.0526. The third-order valence-electron chi connectivity index (χ3n) is 11.1. The first-order valence-corrected chi connectivity index (χ1v) is 23.5. The molecule has 344 valence electrons. The van der Waals surface area contributed by atoms with Gasteiger partial charge in [-0.25, -0.2) is 0 Å². The number of ketones is 2. The van der Waals surface area contributed by atoms with Gasteiger partial charge in [0, 0.05) is 52.0 Å². The van der Waals surface area contributed by atoms with E-state index in [1.54, 1.807) is 60.9 Å². The maximum atomic E-state index is 13.3. The molecule has 4 saturated heterocycles. The summed E-state index contributed by atoms with van der Waals surface area (Å²) in [7, 11) is 0. The van der Waals surface area contributed by atoms with Crippen molar-refractivity contribution in [3.05, 3.63) is 100 Å². The van der Waals surface area contributed by atoms with E-state index in [-0.39, 0.29) is 62.7 Å². The van der Waals surface area contributed by atoms with Crippen LogP contribution in [0.3, 0.4) is 0 Å². The standard InChI is InChI=1S/2C22H20Cl2N4O4S/c2*23-15-9-14(1-2-16(15)28-6-8-31-11-20(28)26-13-25)10-18(29)22(5-7-32-12-22)27-21(30)17-3-4-19(24)33-17/h2*1-4,9H,5-8,10-12H2,(H,27,30)/t2*22-/m10/s1. The summed E-state index contributed by atoms with van der Waals surface area (Å²) in [6, 6.07) is 17.2. The first-order valence-electron chi connectivity index (χ1n) is 20.4. The quantitative estimate of drug-likeness (QED) is 0.138. The average molecular weight is 1010 g/mol. The fraction of sp³-hybridized carbons (Fsp3) is 0.364. The Morgan fingerprint density at radius 2 is 1.05 bits per heavy atom. The molecule has 0 saturated carbocycles. The molecule has 8 rings (SSSR count). The SMILES string of the molecule is N#CN=C1COCCN1c1ccc(CC(=O)[C@@]2(NC(=O)c3ccc(Cl)s3)CCOC2)cc1Cl.N#CN=C1COCCN1c1ccc(CC(=O)[C@]2(NC(=O)c3ccc(Cl)s3)CCOC2)cc1Cl. The van der Waals surface area contributed by atoms with Crippen LogP contribution in [0.4, 0.5) is 11.4 Å².